The number of rotatable bonds is 6. The van der Waals surface area contributed by atoms with E-state index < -0.39 is 17.6 Å². The maximum Gasteiger partial charge on any atom is 0.416 e. The monoisotopic (exact) mass is 495 g/mol. The number of carbonyl (C=O) groups excluding carboxylic acids is 1. The van der Waals surface area contributed by atoms with E-state index in [9.17, 15) is 18.0 Å². The fourth-order valence-electron chi connectivity index (χ4n) is 3.62. The molecule has 186 valence electrons. The number of hydrogen-bond donors (Lipinski definition) is 3. The van der Waals surface area contributed by atoms with E-state index in [1.54, 1.807) is 36.0 Å². The molecule has 0 saturated carbocycles. The van der Waals surface area contributed by atoms with Crippen LogP contribution in [0.4, 0.5) is 36.2 Å². The van der Waals surface area contributed by atoms with Crippen LogP contribution < -0.4 is 16.0 Å². The van der Waals surface area contributed by atoms with Crippen LogP contribution >= 0.6 is 0 Å². The molecule has 0 spiro atoms. The van der Waals surface area contributed by atoms with Gasteiger partial charge >= 0.3 is 6.18 Å². The zero-order chi connectivity index (χ0) is 26.0. The van der Waals surface area contributed by atoms with Crippen molar-refractivity contribution in [1.29, 1.82) is 0 Å². The molecule has 0 radical (unpaired) electrons. The van der Waals surface area contributed by atoms with Gasteiger partial charge < -0.3 is 16.0 Å². The average Bonchev–Trinajstić information content (AvgIpc) is 3.20. The van der Waals surface area contributed by atoms with Crippen LogP contribution in [0.15, 0.2) is 54.9 Å². The molecule has 0 aliphatic carbocycles. The predicted molar refractivity (Wildman–Crippen MR) is 132 cm³/mol. The van der Waals surface area contributed by atoms with Crippen molar-refractivity contribution in [1.82, 2.24) is 19.7 Å². The van der Waals surface area contributed by atoms with E-state index in [0.29, 0.717) is 34.4 Å². The van der Waals surface area contributed by atoms with Gasteiger partial charge in [-0.3, -0.25) is 4.79 Å². The Bertz CT molecular complexity index is 1430. The maximum atomic E-state index is 13.2. The summed E-state index contributed by atoms with van der Waals surface area (Å²) in [5.41, 5.74) is 2.14. The Morgan fingerprint density at radius 3 is 2.47 bits per heavy atom. The molecule has 0 atom stereocenters. The third-order valence-corrected chi connectivity index (χ3v) is 5.38. The summed E-state index contributed by atoms with van der Waals surface area (Å²) in [4.78, 5) is 21.2. The van der Waals surface area contributed by atoms with E-state index in [0.717, 1.165) is 23.4 Å². The number of benzene rings is 2. The van der Waals surface area contributed by atoms with Crippen molar-refractivity contribution >= 4 is 28.9 Å². The highest BCUT2D eigenvalue weighted by Gasteiger charge is 2.31. The Kier molecular flexibility index (Phi) is 6.65. The van der Waals surface area contributed by atoms with Crippen molar-refractivity contribution in [2.75, 3.05) is 23.0 Å². The standard InChI is InChI=1S/C25H24F3N7O/c1-14-7-17(10-18(8-14)25(26,27)28)24(36)32-19-6-5-15(2)20(11-19)33-23-9-16(3)34-35(23)22-12-21(29-4)30-13-31-22/h5-13,33H,1-4H3,(H,32,36)(H,29,30,31). The minimum absolute atomic E-state index is 0.0739. The Morgan fingerprint density at radius 1 is 0.972 bits per heavy atom. The van der Waals surface area contributed by atoms with Gasteiger partial charge in [0.05, 0.1) is 11.3 Å². The molecule has 0 fully saturated rings. The number of nitrogens with one attached hydrogen (secondary N) is 3. The zero-order valence-electron chi connectivity index (χ0n) is 20.0. The Labute approximate surface area is 205 Å². The van der Waals surface area contributed by atoms with Crippen LogP contribution in [-0.2, 0) is 6.18 Å². The third kappa shape index (κ3) is 5.45. The first kappa shape index (κ1) is 24.7. The number of amides is 1. The van der Waals surface area contributed by atoms with Crippen LogP contribution in [-0.4, -0.2) is 32.7 Å². The summed E-state index contributed by atoms with van der Waals surface area (Å²) < 4.78 is 41.2. The molecular weight excluding hydrogens is 471 g/mol. The number of alkyl halides is 3. The van der Waals surface area contributed by atoms with Gasteiger partial charge in [0.1, 0.15) is 18.0 Å². The molecule has 0 aliphatic heterocycles. The lowest BCUT2D eigenvalue weighted by molar-refractivity contribution is -0.137. The minimum atomic E-state index is -4.54. The number of aryl methyl sites for hydroxylation is 3. The lowest BCUT2D eigenvalue weighted by atomic mass is 10.1. The van der Waals surface area contributed by atoms with Crippen LogP contribution in [0.3, 0.4) is 0 Å². The van der Waals surface area contributed by atoms with Gasteiger partial charge in [-0.1, -0.05) is 6.07 Å². The summed E-state index contributed by atoms with van der Waals surface area (Å²) in [6.45, 7) is 5.26. The molecule has 3 N–H and O–H groups in total. The molecule has 4 aromatic rings. The SMILES string of the molecule is CNc1cc(-n2nc(C)cc2Nc2cc(NC(=O)c3cc(C)cc(C(F)(F)F)c3)ccc2C)ncn1. The van der Waals surface area contributed by atoms with Crippen LogP contribution in [0, 0.1) is 20.8 Å². The van der Waals surface area contributed by atoms with Crippen LogP contribution in [0.25, 0.3) is 5.82 Å². The molecule has 0 aliphatic rings. The molecule has 2 aromatic carbocycles. The summed E-state index contributed by atoms with van der Waals surface area (Å²) in [6.07, 6.45) is -3.11. The zero-order valence-corrected chi connectivity index (χ0v) is 20.0. The number of hydrogen-bond acceptors (Lipinski definition) is 6. The maximum absolute atomic E-state index is 13.2. The van der Waals surface area contributed by atoms with Gasteiger partial charge in [0, 0.05) is 36.1 Å². The second kappa shape index (κ2) is 9.68. The van der Waals surface area contributed by atoms with Crippen molar-refractivity contribution in [2.45, 2.75) is 26.9 Å². The fourth-order valence-corrected chi connectivity index (χ4v) is 3.62. The summed E-state index contributed by atoms with van der Waals surface area (Å²) in [5.74, 6) is 1.17. The van der Waals surface area contributed by atoms with Gasteiger partial charge in [0.25, 0.3) is 5.91 Å². The molecule has 36 heavy (non-hydrogen) atoms. The Balaban J connectivity index is 1.61. The largest absolute Gasteiger partial charge is 0.416 e. The summed E-state index contributed by atoms with van der Waals surface area (Å²) in [7, 11) is 1.75. The second-order valence-electron chi connectivity index (χ2n) is 8.29. The highest BCUT2D eigenvalue weighted by molar-refractivity contribution is 6.04. The number of carbonyl (C=O) groups is 1. The molecule has 4 rings (SSSR count). The minimum Gasteiger partial charge on any atom is -0.373 e. The smallest absolute Gasteiger partial charge is 0.373 e. The first-order valence-corrected chi connectivity index (χ1v) is 11.0. The van der Waals surface area contributed by atoms with Crippen molar-refractivity contribution in [3.63, 3.8) is 0 Å². The molecule has 0 saturated heterocycles. The summed E-state index contributed by atoms with van der Waals surface area (Å²) in [6, 6.07) is 12.1. The first-order valence-electron chi connectivity index (χ1n) is 11.0. The van der Waals surface area contributed by atoms with E-state index >= 15 is 0 Å². The molecule has 0 unspecified atom stereocenters. The highest BCUT2D eigenvalue weighted by Crippen LogP contribution is 2.31. The summed E-state index contributed by atoms with van der Waals surface area (Å²) in [5, 5.41) is 13.5. The van der Waals surface area contributed by atoms with Crippen LogP contribution in [0.5, 0.6) is 0 Å². The van der Waals surface area contributed by atoms with Crippen LogP contribution in [0.1, 0.15) is 32.7 Å². The number of anilines is 4. The van der Waals surface area contributed by atoms with Gasteiger partial charge in [-0.05, 0) is 62.2 Å². The van der Waals surface area contributed by atoms with E-state index in [1.165, 1.54) is 19.3 Å². The van der Waals surface area contributed by atoms with Crippen molar-refractivity contribution in [2.24, 2.45) is 0 Å². The lowest BCUT2D eigenvalue weighted by Gasteiger charge is -2.14. The highest BCUT2D eigenvalue weighted by atomic mass is 19.4. The normalized spacial score (nSPS) is 11.3. The van der Waals surface area contributed by atoms with Crippen molar-refractivity contribution in [3.05, 3.63) is 82.8 Å². The third-order valence-electron chi connectivity index (χ3n) is 5.38. The predicted octanol–water partition coefficient (Wildman–Crippen LogP) is 5.64. The quantitative estimate of drug-likeness (QED) is 0.320. The second-order valence-corrected chi connectivity index (χ2v) is 8.29. The van der Waals surface area contributed by atoms with E-state index in [1.807, 2.05) is 19.9 Å². The van der Waals surface area contributed by atoms with Gasteiger partial charge in [0.15, 0.2) is 5.82 Å². The van der Waals surface area contributed by atoms with Gasteiger partial charge in [-0.2, -0.15) is 23.0 Å². The number of aromatic nitrogens is 4. The molecular formula is C25H24F3N7O. The van der Waals surface area contributed by atoms with Crippen molar-refractivity contribution < 1.29 is 18.0 Å². The van der Waals surface area contributed by atoms with Gasteiger partial charge in [0.2, 0.25) is 0 Å². The molecule has 1 amide bonds. The Morgan fingerprint density at radius 2 is 1.75 bits per heavy atom. The van der Waals surface area contributed by atoms with Crippen molar-refractivity contribution in [3.8, 4) is 5.82 Å². The average molecular weight is 496 g/mol. The number of halogens is 3. The topological polar surface area (TPSA) is 96.8 Å². The van der Waals surface area contributed by atoms with Gasteiger partial charge in [-0.25, -0.2) is 9.97 Å². The molecule has 2 heterocycles. The summed E-state index contributed by atoms with van der Waals surface area (Å²) >= 11 is 0. The molecule has 2 aromatic heterocycles. The van der Waals surface area contributed by atoms with Gasteiger partial charge in [-0.15, -0.1) is 0 Å². The number of nitrogens with zero attached hydrogens (tertiary/aromatic N) is 4. The van der Waals surface area contributed by atoms with Crippen LogP contribution in [0.2, 0.25) is 0 Å². The Hall–Kier alpha value is -4.41. The van der Waals surface area contributed by atoms with E-state index in [2.05, 4.69) is 31.0 Å². The lowest BCUT2D eigenvalue weighted by Crippen LogP contribution is -2.15. The van der Waals surface area contributed by atoms with E-state index in [-0.39, 0.29) is 5.56 Å². The molecule has 8 nitrogen and oxygen atoms in total. The fraction of sp³-hybridized carbons (Fsp3) is 0.200. The first-order chi connectivity index (χ1) is 17.0. The van der Waals surface area contributed by atoms with E-state index in [4.69, 9.17) is 0 Å². The molecule has 11 heteroatoms. The molecule has 0 bridgehead atoms.